The van der Waals surface area contributed by atoms with E-state index in [1.807, 2.05) is 6.07 Å². The van der Waals surface area contributed by atoms with Crippen molar-refractivity contribution in [1.82, 2.24) is 4.57 Å². The van der Waals surface area contributed by atoms with E-state index in [4.69, 9.17) is 5.26 Å². The Morgan fingerprint density at radius 2 is 2.46 bits per heavy atom. The second kappa shape index (κ2) is 3.06. The molecule has 2 rings (SSSR count). The van der Waals surface area contributed by atoms with Crippen molar-refractivity contribution in [3.63, 3.8) is 0 Å². The Labute approximate surface area is 76.6 Å². The SMILES string of the molecule is N#CCn1ccc(C(=O)C2CC2)c1. The van der Waals surface area contributed by atoms with Gasteiger partial charge < -0.3 is 4.57 Å². The number of nitrogens with zero attached hydrogens (tertiary/aromatic N) is 2. The van der Waals surface area contributed by atoms with Gasteiger partial charge in [0.2, 0.25) is 0 Å². The highest BCUT2D eigenvalue weighted by atomic mass is 16.1. The van der Waals surface area contributed by atoms with Gasteiger partial charge in [0.1, 0.15) is 6.54 Å². The molecule has 0 radical (unpaired) electrons. The van der Waals surface area contributed by atoms with Crippen LogP contribution in [0.15, 0.2) is 18.5 Å². The van der Waals surface area contributed by atoms with Crippen LogP contribution >= 0.6 is 0 Å². The molecule has 0 aliphatic heterocycles. The zero-order chi connectivity index (χ0) is 9.26. The molecule has 1 aliphatic rings. The molecule has 0 atom stereocenters. The smallest absolute Gasteiger partial charge is 0.167 e. The predicted octanol–water partition coefficient (Wildman–Crippen LogP) is 1.60. The summed E-state index contributed by atoms with van der Waals surface area (Å²) < 4.78 is 1.73. The van der Waals surface area contributed by atoms with Gasteiger partial charge >= 0.3 is 0 Å². The molecule has 3 heteroatoms. The van der Waals surface area contributed by atoms with Gasteiger partial charge in [-0.2, -0.15) is 5.26 Å². The van der Waals surface area contributed by atoms with Crippen molar-refractivity contribution in [3.05, 3.63) is 24.0 Å². The van der Waals surface area contributed by atoms with Crippen LogP contribution in [0.4, 0.5) is 0 Å². The van der Waals surface area contributed by atoms with E-state index in [9.17, 15) is 4.79 Å². The molecule has 0 amide bonds. The minimum atomic E-state index is 0.233. The standard InChI is InChI=1S/C10H10N2O/c11-4-6-12-5-3-9(7-12)10(13)8-1-2-8/h3,5,7-8H,1-2,6H2. The Balaban J connectivity index is 2.12. The van der Waals surface area contributed by atoms with Gasteiger partial charge in [-0.1, -0.05) is 0 Å². The fraction of sp³-hybridized carbons (Fsp3) is 0.400. The maximum absolute atomic E-state index is 11.5. The molecule has 0 saturated heterocycles. The molecule has 1 fully saturated rings. The van der Waals surface area contributed by atoms with Gasteiger partial charge in [0, 0.05) is 23.9 Å². The molecular weight excluding hydrogens is 164 g/mol. The lowest BCUT2D eigenvalue weighted by atomic mass is 10.1. The van der Waals surface area contributed by atoms with Gasteiger partial charge in [-0.25, -0.2) is 0 Å². The average molecular weight is 174 g/mol. The number of carbonyl (C=O) groups is 1. The van der Waals surface area contributed by atoms with E-state index in [0.717, 1.165) is 18.4 Å². The topological polar surface area (TPSA) is 45.8 Å². The number of nitriles is 1. The normalized spacial score (nSPS) is 15.3. The van der Waals surface area contributed by atoms with Crippen LogP contribution in [-0.2, 0) is 6.54 Å². The lowest BCUT2D eigenvalue weighted by Crippen LogP contribution is -1.99. The number of hydrogen-bond donors (Lipinski definition) is 0. The number of Topliss-reactive ketones (excluding diaryl/α,β-unsaturated/α-hetero) is 1. The lowest BCUT2D eigenvalue weighted by molar-refractivity contribution is 0.0967. The summed E-state index contributed by atoms with van der Waals surface area (Å²) in [6.07, 6.45) is 5.59. The van der Waals surface area contributed by atoms with Crippen molar-refractivity contribution < 1.29 is 4.79 Å². The molecule has 66 valence electrons. The summed E-state index contributed by atoms with van der Waals surface area (Å²) in [6, 6.07) is 3.82. The maximum atomic E-state index is 11.5. The third-order valence-electron chi connectivity index (χ3n) is 2.24. The van der Waals surface area contributed by atoms with Gasteiger partial charge in [0.15, 0.2) is 5.78 Å². The second-order valence-corrected chi connectivity index (χ2v) is 3.37. The first-order chi connectivity index (χ1) is 6.31. The van der Waals surface area contributed by atoms with Crippen LogP contribution in [-0.4, -0.2) is 10.4 Å². The van der Waals surface area contributed by atoms with E-state index in [0.29, 0.717) is 6.54 Å². The molecule has 0 aromatic carbocycles. The van der Waals surface area contributed by atoms with Crippen LogP contribution in [0.5, 0.6) is 0 Å². The van der Waals surface area contributed by atoms with Crippen molar-refractivity contribution >= 4 is 5.78 Å². The zero-order valence-corrected chi connectivity index (χ0v) is 7.23. The minimum absolute atomic E-state index is 0.233. The molecule has 0 bridgehead atoms. The number of rotatable bonds is 3. The summed E-state index contributed by atoms with van der Waals surface area (Å²) in [7, 11) is 0. The molecule has 1 heterocycles. The molecule has 13 heavy (non-hydrogen) atoms. The van der Waals surface area contributed by atoms with E-state index in [1.165, 1.54) is 0 Å². The van der Waals surface area contributed by atoms with Crippen LogP contribution in [0.2, 0.25) is 0 Å². The Morgan fingerprint density at radius 1 is 1.69 bits per heavy atom. The highest BCUT2D eigenvalue weighted by Gasteiger charge is 2.30. The van der Waals surface area contributed by atoms with Crippen molar-refractivity contribution in [2.24, 2.45) is 5.92 Å². The monoisotopic (exact) mass is 174 g/mol. The van der Waals surface area contributed by atoms with E-state index < -0.39 is 0 Å². The quantitative estimate of drug-likeness (QED) is 0.653. The van der Waals surface area contributed by atoms with Crippen LogP contribution in [0, 0.1) is 17.2 Å². The first-order valence-corrected chi connectivity index (χ1v) is 4.38. The molecule has 1 aromatic rings. The van der Waals surface area contributed by atoms with Crippen LogP contribution < -0.4 is 0 Å². The predicted molar refractivity (Wildman–Crippen MR) is 47.1 cm³/mol. The molecule has 1 saturated carbocycles. The van der Waals surface area contributed by atoms with Crippen molar-refractivity contribution in [2.75, 3.05) is 0 Å². The van der Waals surface area contributed by atoms with Crippen LogP contribution in [0.25, 0.3) is 0 Å². The largest absolute Gasteiger partial charge is 0.340 e. The van der Waals surface area contributed by atoms with Crippen molar-refractivity contribution in [2.45, 2.75) is 19.4 Å². The summed E-state index contributed by atoms with van der Waals surface area (Å²) in [5.74, 6) is 0.495. The third-order valence-corrected chi connectivity index (χ3v) is 2.24. The molecule has 1 aromatic heterocycles. The Morgan fingerprint density at radius 3 is 3.08 bits per heavy atom. The van der Waals surface area contributed by atoms with Crippen molar-refractivity contribution in [3.8, 4) is 6.07 Å². The summed E-state index contributed by atoms with van der Waals surface area (Å²) in [5, 5.41) is 8.43. The van der Waals surface area contributed by atoms with Gasteiger partial charge in [0.25, 0.3) is 0 Å². The highest BCUT2D eigenvalue weighted by molar-refractivity contribution is 5.99. The van der Waals surface area contributed by atoms with Crippen LogP contribution in [0.3, 0.4) is 0 Å². The fourth-order valence-corrected chi connectivity index (χ4v) is 1.35. The summed E-state index contributed by atoms with van der Waals surface area (Å²) in [4.78, 5) is 11.5. The van der Waals surface area contributed by atoms with E-state index >= 15 is 0 Å². The van der Waals surface area contributed by atoms with Crippen LogP contribution in [0.1, 0.15) is 23.2 Å². The maximum Gasteiger partial charge on any atom is 0.167 e. The molecule has 0 unspecified atom stereocenters. The first-order valence-electron chi connectivity index (χ1n) is 4.38. The Kier molecular flexibility index (Phi) is 1.90. The Hall–Kier alpha value is -1.56. The average Bonchev–Trinajstić information content (AvgIpc) is 2.87. The summed E-state index contributed by atoms with van der Waals surface area (Å²) in [5.41, 5.74) is 0.748. The summed E-state index contributed by atoms with van der Waals surface area (Å²) >= 11 is 0. The zero-order valence-electron chi connectivity index (χ0n) is 7.23. The molecular formula is C10H10N2O. The molecule has 3 nitrogen and oxygen atoms in total. The molecule has 0 N–H and O–H groups in total. The van der Waals surface area contributed by atoms with E-state index in [2.05, 4.69) is 0 Å². The molecule has 1 aliphatic carbocycles. The van der Waals surface area contributed by atoms with E-state index in [1.54, 1.807) is 23.0 Å². The number of aromatic nitrogens is 1. The second-order valence-electron chi connectivity index (χ2n) is 3.37. The van der Waals surface area contributed by atoms with Crippen molar-refractivity contribution in [1.29, 1.82) is 5.26 Å². The lowest BCUT2D eigenvalue weighted by Gasteiger charge is -1.92. The van der Waals surface area contributed by atoms with Gasteiger partial charge in [-0.05, 0) is 18.9 Å². The highest BCUT2D eigenvalue weighted by Crippen LogP contribution is 2.32. The third kappa shape index (κ3) is 1.62. The number of hydrogen-bond acceptors (Lipinski definition) is 2. The minimum Gasteiger partial charge on any atom is -0.340 e. The summed E-state index contributed by atoms with van der Waals surface area (Å²) in [6.45, 7) is 0.317. The fourth-order valence-electron chi connectivity index (χ4n) is 1.35. The Bertz CT molecular complexity index is 369. The van der Waals surface area contributed by atoms with Gasteiger partial charge in [0.05, 0.1) is 6.07 Å². The van der Waals surface area contributed by atoms with Gasteiger partial charge in [-0.3, -0.25) is 4.79 Å². The molecule has 0 spiro atoms. The first kappa shape index (κ1) is 8.06. The number of ketones is 1. The number of carbonyl (C=O) groups excluding carboxylic acids is 1. The van der Waals surface area contributed by atoms with E-state index in [-0.39, 0.29) is 11.7 Å². The van der Waals surface area contributed by atoms with Gasteiger partial charge in [-0.15, -0.1) is 0 Å².